The fraction of sp³-hybridized carbons (Fsp3) is 0.412. The number of halogens is 1. The molecule has 4 nitrogen and oxygen atoms in total. The molecule has 0 aliphatic heterocycles. The predicted molar refractivity (Wildman–Crippen MR) is 92.5 cm³/mol. The van der Waals surface area contributed by atoms with E-state index in [-0.39, 0.29) is 16.7 Å². The number of benzene rings is 1. The molecule has 1 saturated carbocycles. The lowest BCUT2D eigenvalue weighted by atomic mass is 10.3. The first kappa shape index (κ1) is 17.4. The topological polar surface area (TPSA) is 46.6 Å². The van der Waals surface area contributed by atoms with Gasteiger partial charge in [0, 0.05) is 17.5 Å². The molecular formula is C17H20FNO3S2. The minimum atomic E-state index is -3.70. The average molecular weight is 369 g/mol. The third kappa shape index (κ3) is 3.79. The van der Waals surface area contributed by atoms with Gasteiger partial charge in [-0.3, -0.25) is 0 Å². The van der Waals surface area contributed by atoms with E-state index in [1.54, 1.807) is 18.3 Å². The summed E-state index contributed by atoms with van der Waals surface area (Å²) in [6.07, 6.45) is 2.40. The Kier molecular flexibility index (Phi) is 5.22. The molecule has 0 spiro atoms. The molecule has 24 heavy (non-hydrogen) atoms. The standard InChI is InChI=1S/C17H20FNO3S2/c1-2-22-17-8-7-15(12-16(17)18)24(20,21)19(13-5-6-13)10-9-14-4-3-11-23-14/h3-4,7-8,11-13H,2,5-6,9-10H2,1H3. The quantitative estimate of drug-likeness (QED) is 0.713. The molecule has 0 unspecified atom stereocenters. The van der Waals surface area contributed by atoms with Crippen LogP contribution < -0.4 is 4.74 Å². The lowest BCUT2D eigenvalue weighted by Crippen LogP contribution is -2.35. The van der Waals surface area contributed by atoms with Gasteiger partial charge in [0.1, 0.15) is 0 Å². The van der Waals surface area contributed by atoms with Gasteiger partial charge >= 0.3 is 0 Å². The number of hydrogen-bond donors (Lipinski definition) is 0. The molecule has 0 bridgehead atoms. The summed E-state index contributed by atoms with van der Waals surface area (Å²) < 4.78 is 46.5. The molecule has 3 rings (SSSR count). The summed E-state index contributed by atoms with van der Waals surface area (Å²) in [6.45, 7) is 2.50. The summed E-state index contributed by atoms with van der Waals surface area (Å²) in [6, 6.07) is 7.85. The van der Waals surface area contributed by atoms with Gasteiger partial charge in [0.2, 0.25) is 10.0 Å². The fourth-order valence-corrected chi connectivity index (χ4v) is 4.98. The minimum absolute atomic E-state index is 0.0125. The normalized spacial score (nSPS) is 15.0. The molecule has 1 aliphatic carbocycles. The van der Waals surface area contributed by atoms with E-state index in [1.807, 2.05) is 17.5 Å². The third-order valence-electron chi connectivity index (χ3n) is 3.92. The largest absolute Gasteiger partial charge is 0.491 e. The SMILES string of the molecule is CCOc1ccc(S(=O)(=O)N(CCc2cccs2)C2CC2)cc1F. The number of hydrogen-bond acceptors (Lipinski definition) is 4. The summed E-state index contributed by atoms with van der Waals surface area (Å²) in [5, 5.41) is 1.98. The van der Waals surface area contributed by atoms with Crippen LogP contribution in [0.2, 0.25) is 0 Å². The number of ether oxygens (including phenoxy) is 1. The monoisotopic (exact) mass is 369 g/mol. The molecule has 2 aromatic rings. The van der Waals surface area contributed by atoms with E-state index >= 15 is 0 Å². The van der Waals surface area contributed by atoms with E-state index < -0.39 is 15.8 Å². The summed E-state index contributed by atoms with van der Waals surface area (Å²) in [4.78, 5) is 1.13. The van der Waals surface area contributed by atoms with Gasteiger partial charge in [-0.15, -0.1) is 11.3 Å². The number of thiophene rings is 1. The zero-order chi connectivity index (χ0) is 17.2. The van der Waals surface area contributed by atoms with Crippen molar-refractivity contribution in [2.75, 3.05) is 13.2 Å². The maximum atomic E-state index is 14.1. The van der Waals surface area contributed by atoms with E-state index in [2.05, 4.69) is 0 Å². The first-order chi connectivity index (χ1) is 11.5. The van der Waals surface area contributed by atoms with E-state index in [0.29, 0.717) is 19.6 Å². The van der Waals surface area contributed by atoms with E-state index in [1.165, 1.54) is 16.4 Å². The average Bonchev–Trinajstić information content (AvgIpc) is 3.24. The lowest BCUT2D eigenvalue weighted by molar-refractivity contribution is 0.321. The van der Waals surface area contributed by atoms with Crippen LogP contribution in [0.15, 0.2) is 40.6 Å². The Hall–Kier alpha value is -1.44. The van der Waals surface area contributed by atoms with Crippen molar-refractivity contribution in [1.82, 2.24) is 4.31 Å². The zero-order valence-electron chi connectivity index (χ0n) is 13.4. The lowest BCUT2D eigenvalue weighted by Gasteiger charge is -2.22. The zero-order valence-corrected chi connectivity index (χ0v) is 15.1. The second kappa shape index (κ2) is 7.21. The third-order valence-corrected chi connectivity index (χ3v) is 6.81. The molecule has 1 heterocycles. The van der Waals surface area contributed by atoms with Gasteiger partial charge in [-0.1, -0.05) is 6.07 Å². The molecule has 0 radical (unpaired) electrons. The molecule has 0 amide bonds. The summed E-state index contributed by atoms with van der Waals surface area (Å²) in [5.74, 6) is -0.570. The Morgan fingerprint density at radius 1 is 1.33 bits per heavy atom. The Balaban J connectivity index is 1.82. The Labute approximate surface area is 145 Å². The van der Waals surface area contributed by atoms with Crippen LogP contribution in [0.1, 0.15) is 24.6 Å². The molecule has 130 valence electrons. The van der Waals surface area contributed by atoms with Crippen molar-refractivity contribution < 1.29 is 17.5 Å². The van der Waals surface area contributed by atoms with Crippen molar-refractivity contribution >= 4 is 21.4 Å². The van der Waals surface area contributed by atoms with Gasteiger partial charge in [-0.2, -0.15) is 4.31 Å². The molecule has 0 atom stereocenters. The van der Waals surface area contributed by atoms with E-state index in [0.717, 1.165) is 23.8 Å². The highest BCUT2D eigenvalue weighted by Crippen LogP contribution is 2.33. The fourth-order valence-electron chi connectivity index (χ4n) is 2.59. The van der Waals surface area contributed by atoms with Crippen LogP contribution in [0.5, 0.6) is 5.75 Å². The Morgan fingerprint density at radius 3 is 2.71 bits per heavy atom. The smallest absolute Gasteiger partial charge is 0.243 e. The van der Waals surface area contributed by atoms with Gasteiger partial charge in [0.05, 0.1) is 11.5 Å². The van der Waals surface area contributed by atoms with Gasteiger partial charge in [-0.05, 0) is 55.8 Å². The van der Waals surface area contributed by atoms with Crippen LogP contribution >= 0.6 is 11.3 Å². The molecule has 1 aromatic heterocycles. The second-order valence-corrected chi connectivity index (χ2v) is 8.62. The molecule has 1 aromatic carbocycles. The van der Waals surface area contributed by atoms with E-state index in [4.69, 9.17) is 4.74 Å². The van der Waals surface area contributed by atoms with Crippen LogP contribution in [-0.2, 0) is 16.4 Å². The first-order valence-electron chi connectivity index (χ1n) is 7.99. The van der Waals surface area contributed by atoms with Crippen molar-refractivity contribution in [1.29, 1.82) is 0 Å². The summed E-state index contributed by atoms with van der Waals surface area (Å²) in [7, 11) is -3.70. The predicted octanol–water partition coefficient (Wildman–Crippen LogP) is 3.68. The molecule has 1 aliphatic rings. The maximum absolute atomic E-state index is 14.1. The molecule has 0 N–H and O–H groups in total. The van der Waals surface area contributed by atoms with Crippen LogP contribution in [0, 0.1) is 5.82 Å². The van der Waals surface area contributed by atoms with Crippen LogP contribution in [0.4, 0.5) is 4.39 Å². The van der Waals surface area contributed by atoms with Gasteiger partial charge in [0.15, 0.2) is 11.6 Å². The number of nitrogens with zero attached hydrogens (tertiary/aromatic N) is 1. The van der Waals surface area contributed by atoms with Gasteiger partial charge < -0.3 is 4.74 Å². The van der Waals surface area contributed by atoms with Crippen LogP contribution in [0.3, 0.4) is 0 Å². The summed E-state index contributed by atoms with van der Waals surface area (Å²) in [5.41, 5.74) is 0. The van der Waals surface area contributed by atoms with Crippen LogP contribution in [0.25, 0.3) is 0 Å². The first-order valence-corrected chi connectivity index (χ1v) is 10.3. The molecular weight excluding hydrogens is 349 g/mol. The van der Waals surface area contributed by atoms with Crippen LogP contribution in [-0.4, -0.2) is 31.9 Å². The van der Waals surface area contributed by atoms with Crippen molar-refractivity contribution in [2.45, 2.75) is 37.1 Å². The molecule has 1 fully saturated rings. The Bertz CT molecular complexity index is 786. The molecule has 0 saturated heterocycles. The number of rotatable bonds is 8. The van der Waals surface area contributed by atoms with Crippen molar-refractivity contribution in [3.05, 3.63) is 46.4 Å². The second-order valence-electron chi connectivity index (χ2n) is 5.70. The highest BCUT2D eigenvalue weighted by Gasteiger charge is 2.38. The molecule has 7 heteroatoms. The minimum Gasteiger partial charge on any atom is -0.491 e. The van der Waals surface area contributed by atoms with Crippen molar-refractivity contribution in [3.63, 3.8) is 0 Å². The van der Waals surface area contributed by atoms with Crippen molar-refractivity contribution in [3.8, 4) is 5.75 Å². The highest BCUT2D eigenvalue weighted by molar-refractivity contribution is 7.89. The maximum Gasteiger partial charge on any atom is 0.243 e. The summed E-state index contributed by atoms with van der Waals surface area (Å²) >= 11 is 1.62. The highest BCUT2D eigenvalue weighted by atomic mass is 32.2. The van der Waals surface area contributed by atoms with Gasteiger partial charge in [0.25, 0.3) is 0 Å². The number of sulfonamides is 1. The van der Waals surface area contributed by atoms with Crippen molar-refractivity contribution in [2.24, 2.45) is 0 Å². The Morgan fingerprint density at radius 2 is 2.12 bits per heavy atom. The van der Waals surface area contributed by atoms with Gasteiger partial charge in [-0.25, -0.2) is 12.8 Å². The van der Waals surface area contributed by atoms with E-state index in [9.17, 15) is 12.8 Å².